The quantitative estimate of drug-likeness (QED) is 0.865. The van der Waals surface area contributed by atoms with Gasteiger partial charge >= 0.3 is 0 Å². The molecule has 0 aliphatic carbocycles. The summed E-state index contributed by atoms with van der Waals surface area (Å²) in [5, 5.41) is 3.38. The van der Waals surface area contributed by atoms with Gasteiger partial charge < -0.3 is 5.32 Å². The largest absolute Gasteiger partial charge is 0.300 e. The standard InChI is InChI=1S/C16H13N3OS/c1-11-4-2-6-13(8-11)18-16-19-15(20)14(21-16)9-12-5-3-7-17-10-12/h2-10H,1H3,(H,18,19,20)/b14-9-. The molecule has 0 spiro atoms. The Morgan fingerprint density at radius 1 is 1.29 bits per heavy atom. The third-order valence-corrected chi connectivity index (χ3v) is 3.78. The van der Waals surface area contributed by atoms with Crippen molar-refractivity contribution >= 4 is 34.6 Å². The summed E-state index contributed by atoms with van der Waals surface area (Å²) in [6, 6.07) is 11.6. The number of benzene rings is 1. The predicted molar refractivity (Wildman–Crippen MR) is 86.2 cm³/mol. The molecule has 1 aromatic carbocycles. The number of carbonyl (C=O) groups is 1. The Labute approximate surface area is 127 Å². The summed E-state index contributed by atoms with van der Waals surface area (Å²) >= 11 is 1.34. The fourth-order valence-electron chi connectivity index (χ4n) is 1.91. The van der Waals surface area contributed by atoms with E-state index in [0.717, 1.165) is 16.8 Å². The maximum absolute atomic E-state index is 11.9. The van der Waals surface area contributed by atoms with Crippen molar-refractivity contribution in [3.63, 3.8) is 0 Å². The van der Waals surface area contributed by atoms with E-state index in [9.17, 15) is 4.79 Å². The molecular weight excluding hydrogens is 282 g/mol. The summed E-state index contributed by atoms with van der Waals surface area (Å²) in [5.74, 6) is -0.129. The molecule has 0 radical (unpaired) electrons. The molecule has 104 valence electrons. The highest BCUT2D eigenvalue weighted by Gasteiger charge is 2.23. The van der Waals surface area contributed by atoms with Gasteiger partial charge in [-0.1, -0.05) is 18.2 Å². The molecule has 0 atom stereocenters. The minimum atomic E-state index is -0.129. The van der Waals surface area contributed by atoms with Gasteiger partial charge in [0.25, 0.3) is 5.91 Å². The molecule has 1 N–H and O–H groups in total. The monoisotopic (exact) mass is 295 g/mol. The highest BCUT2D eigenvalue weighted by atomic mass is 32.2. The zero-order valence-electron chi connectivity index (χ0n) is 11.4. The molecule has 21 heavy (non-hydrogen) atoms. The van der Waals surface area contributed by atoms with E-state index < -0.39 is 0 Å². The third kappa shape index (κ3) is 3.38. The van der Waals surface area contributed by atoms with Crippen molar-refractivity contribution in [3.05, 3.63) is 64.8 Å². The highest BCUT2D eigenvalue weighted by molar-refractivity contribution is 8.18. The van der Waals surface area contributed by atoms with Crippen molar-refractivity contribution in [3.8, 4) is 0 Å². The first-order valence-electron chi connectivity index (χ1n) is 6.47. The lowest BCUT2D eigenvalue weighted by molar-refractivity contribution is -0.115. The topological polar surface area (TPSA) is 54.4 Å². The van der Waals surface area contributed by atoms with Crippen molar-refractivity contribution in [2.24, 2.45) is 4.99 Å². The van der Waals surface area contributed by atoms with E-state index in [1.54, 1.807) is 12.4 Å². The number of hydrogen-bond donors (Lipinski definition) is 1. The zero-order chi connectivity index (χ0) is 14.7. The molecule has 5 heteroatoms. The number of aryl methyl sites for hydroxylation is 1. The van der Waals surface area contributed by atoms with Crippen LogP contribution in [0.3, 0.4) is 0 Å². The van der Waals surface area contributed by atoms with E-state index >= 15 is 0 Å². The number of nitrogens with one attached hydrogen (secondary N) is 1. The summed E-state index contributed by atoms with van der Waals surface area (Å²) in [5.41, 5.74) is 2.87. The molecule has 0 unspecified atom stereocenters. The SMILES string of the molecule is Cc1cccc(N=C2NC(=O)/C(=C/c3cccnc3)S2)c1. The summed E-state index contributed by atoms with van der Waals surface area (Å²) < 4.78 is 0. The van der Waals surface area contributed by atoms with Gasteiger partial charge in [-0.15, -0.1) is 0 Å². The average molecular weight is 295 g/mol. The van der Waals surface area contributed by atoms with Gasteiger partial charge in [-0.3, -0.25) is 9.78 Å². The van der Waals surface area contributed by atoms with Gasteiger partial charge in [0.2, 0.25) is 0 Å². The normalized spacial score (nSPS) is 18.2. The van der Waals surface area contributed by atoms with Crippen molar-refractivity contribution < 1.29 is 4.79 Å². The van der Waals surface area contributed by atoms with E-state index in [2.05, 4.69) is 15.3 Å². The maximum Gasteiger partial charge on any atom is 0.264 e. The van der Waals surface area contributed by atoms with E-state index in [1.165, 1.54) is 11.8 Å². The number of pyridine rings is 1. The molecule has 1 aromatic heterocycles. The molecule has 4 nitrogen and oxygen atoms in total. The second kappa shape index (κ2) is 5.93. The first-order valence-corrected chi connectivity index (χ1v) is 7.29. The Kier molecular flexibility index (Phi) is 3.83. The molecule has 2 aromatic rings. The smallest absolute Gasteiger partial charge is 0.264 e. The maximum atomic E-state index is 11.9. The Bertz CT molecular complexity index is 738. The van der Waals surface area contributed by atoms with E-state index in [-0.39, 0.29) is 5.91 Å². The van der Waals surface area contributed by atoms with Crippen LogP contribution in [0.15, 0.2) is 58.7 Å². The van der Waals surface area contributed by atoms with Crippen LogP contribution in [-0.2, 0) is 4.79 Å². The van der Waals surface area contributed by atoms with Crippen LogP contribution in [0.25, 0.3) is 6.08 Å². The van der Waals surface area contributed by atoms with Crippen molar-refractivity contribution in [1.82, 2.24) is 10.3 Å². The van der Waals surface area contributed by atoms with Crippen molar-refractivity contribution in [2.75, 3.05) is 0 Å². The number of rotatable bonds is 2. The van der Waals surface area contributed by atoms with Gasteiger partial charge in [-0.2, -0.15) is 0 Å². The lowest BCUT2D eigenvalue weighted by Gasteiger charge is -1.97. The number of nitrogens with zero attached hydrogens (tertiary/aromatic N) is 2. The molecule has 1 saturated heterocycles. The lowest BCUT2D eigenvalue weighted by Crippen LogP contribution is -2.19. The number of amides is 1. The van der Waals surface area contributed by atoms with Crippen LogP contribution in [-0.4, -0.2) is 16.1 Å². The second-order valence-electron chi connectivity index (χ2n) is 4.61. The molecule has 2 heterocycles. The number of thioether (sulfide) groups is 1. The lowest BCUT2D eigenvalue weighted by atomic mass is 10.2. The van der Waals surface area contributed by atoms with Crippen molar-refractivity contribution in [2.45, 2.75) is 6.92 Å². The fourth-order valence-corrected chi connectivity index (χ4v) is 2.75. The molecule has 1 amide bonds. The van der Waals surface area contributed by atoms with Gasteiger partial charge in [-0.25, -0.2) is 4.99 Å². The Morgan fingerprint density at radius 3 is 2.95 bits per heavy atom. The molecule has 1 fully saturated rings. The average Bonchev–Trinajstić information content (AvgIpc) is 2.80. The summed E-state index contributed by atoms with van der Waals surface area (Å²) in [4.78, 5) is 21.0. The molecular formula is C16H13N3OS. The van der Waals surface area contributed by atoms with E-state index in [0.29, 0.717) is 10.1 Å². The van der Waals surface area contributed by atoms with Crippen LogP contribution in [0.5, 0.6) is 0 Å². The Balaban J connectivity index is 1.83. The Morgan fingerprint density at radius 2 is 2.19 bits per heavy atom. The van der Waals surface area contributed by atoms with Crippen LogP contribution < -0.4 is 5.32 Å². The molecule has 0 saturated carbocycles. The molecule has 1 aliphatic rings. The van der Waals surface area contributed by atoms with Crippen LogP contribution in [0.2, 0.25) is 0 Å². The van der Waals surface area contributed by atoms with Crippen LogP contribution >= 0.6 is 11.8 Å². The summed E-state index contributed by atoms with van der Waals surface area (Å²) in [6.45, 7) is 2.01. The zero-order valence-corrected chi connectivity index (χ0v) is 12.2. The number of hydrogen-bond acceptors (Lipinski definition) is 4. The summed E-state index contributed by atoms with van der Waals surface area (Å²) in [6.07, 6.45) is 5.23. The molecule has 1 aliphatic heterocycles. The van der Waals surface area contributed by atoms with E-state index in [4.69, 9.17) is 0 Å². The van der Waals surface area contributed by atoms with Gasteiger partial charge in [0.1, 0.15) is 0 Å². The predicted octanol–water partition coefficient (Wildman–Crippen LogP) is 3.28. The number of aliphatic imine (C=N–C) groups is 1. The highest BCUT2D eigenvalue weighted by Crippen LogP contribution is 2.27. The third-order valence-electron chi connectivity index (χ3n) is 2.87. The Hall–Kier alpha value is -2.40. The van der Waals surface area contributed by atoms with Crippen molar-refractivity contribution in [1.29, 1.82) is 0 Å². The van der Waals surface area contributed by atoms with E-state index in [1.807, 2.05) is 49.4 Å². The number of amidine groups is 1. The number of carbonyl (C=O) groups excluding carboxylic acids is 1. The molecule has 0 bridgehead atoms. The van der Waals surface area contributed by atoms with Gasteiger partial charge in [0.05, 0.1) is 10.6 Å². The first kappa shape index (κ1) is 13.6. The van der Waals surface area contributed by atoms with Gasteiger partial charge in [-0.05, 0) is 54.1 Å². The van der Waals surface area contributed by atoms with Gasteiger partial charge in [0, 0.05) is 12.4 Å². The fraction of sp³-hybridized carbons (Fsp3) is 0.0625. The van der Waals surface area contributed by atoms with Crippen LogP contribution in [0, 0.1) is 6.92 Å². The number of aromatic nitrogens is 1. The first-order chi connectivity index (χ1) is 10.2. The minimum absolute atomic E-state index is 0.129. The minimum Gasteiger partial charge on any atom is -0.300 e. The summed E-state index contributed by atoms with van der Waals surface area (Å²) in [7, 11) is 0. The van der Waals surface area contributed by atoms with Crippen LogP contribution in [0.1, 0.15) is 11.1 Å². The second-order valence-corrected chi connectivity index (χ2v) is 5.64. The molecule has 3 rings (SSSR count). The van der Waals surface area contributed by atoms with Crippen LogP contribution in [0.4, 0.5) is 5.69 Å². The van der Waals surface area contributed by atoms with Gasteiger partial charge in [0.15, 0.2) is 5.17 Å².